The molecule has 1 aromatic rings. The predicted octanol–water partition coefficient (Wildman–Crippen LogP) is 2.97. The number of halogens is 2. The van der Waals surface area contributed by atoms with E-state index in [-0.39, 0.29) is 5.82 Å². The molecule has 1 saturated carbocycles. The minimum absolute atomic E-state index is 0.308. The molecular weight excluding hydrogens is 275 g/mol. The molecule has 0 amide bonds. The van der Waals surface area contributed by atoms with Crippen molar-refractivity contribution < 1.29 is 14.2 Å². The highest BCUT2D eigenvalue weighted by Crippen LogP contribution is 2.43. The van der Waals surface area contributed by atoms with E-state index in [1.54, 1.807) is 14.0 Å². The van der Waals surface area contributed by atoms with E-state index in [0.29, 0.717) is 16.6 Å². The quantitative estimate of drug-likeness (QED) is 0.927. The summed E-state index contributed by atoms with van der Waals surface area (Å²) in [4.78, 5) is 0. The van der Waals surface area contributed by atoms with Gasteiger partial charge < -0.3 is 9.84 Å². The van der Waals surface area contributed by atoms with E-state index in [1.165, 1.54) is 6.07 Å². The highest BCUT2D eigenvalue weighted by molar-refractivity contribution is 9.10. The SMILES string of the molecule is COc1c(C)cc(F)c(Br)c1CC1(O)CC1. The first kappa shape index (κ1) is 11.9. The molecule has 1 aromatic carbocycles. The zero-order chi connectivity index (χ0) is 11.9. The van der Waals surface area contributed by atoms with Crippen molar-refractivity contribution in [2.45, 2.75) is 31.8 Å². The van der Waals surface area contributed by atoms with Gasteiger partial charge in [0, 0.05) is 12.0 Å². The number of benzene rings is 1. The van der Waals surface area contributed by atoms with Crippen LogP contribution in [-0.4, -0.2) is 17.8 Å². The van der Waals surface area contributed by atoms with E-state index < -0.39 is 5.60 Å². The number of hydrogen-bond acceptors (Lipinski definition) is 2. The number of ether oxygens (including phenoxy) is 1. The molecule has 0 atom stereocenters. The van der Waals surface area contributed by atoms with Crippen molar-refractivity contribution in [1.29, 1.82) is 0 Å². The molecule has 1 N–H and O–H groups in total. The van der Waals surface area contributed by atoms with Gasteiger partial charge in [-0.05, 0) is 47.3 Å². The van der Waals surface area contributed by atoms with Crippen LogP contribution in [-0.2, 0) is 6.42 Å². The van der Waals surface area contributed by atoms with Gasteiger partial charge in [0.05, 0.1) is 17.2 Å². The number of methoxy groups -OCH3 is 1. The Balaban J connectivity index is 2.47. The second-order valence-electron chi connectivity index (χ2n) is 4.40. The molecule has 0 bridgehead atoms. The third-order valence-electron chi connectivity index (χ3n) is 2.99. The third kappa shape index (κ3) is 2.09. The molecule has 0 spiro atoms. The lowest BCUT2D eigenvalue weighted by Gasteiger charge is -2.16. The Bertz CT molecular complexity index is 428. The normalized spacial score (nSPS) is 17.3. The van der Waals surface area contributed by atoms with Crippen LogP contribution in [0.2, 0.25) is 0 Å². The summed E-state index contributed by atoms with van der Waals surface area (Å²) < 4.78 is 19.2. The van der Waals surface area contributed by atoms with Crippen molar-refractivity contribution in [3.05, 3.63) is 27.5 Å². The molecule has 4 heteroatoms. The van der Waals surface area contributed by atoms with Crippen molar-refractivity contribution in [1.82, 2.24) is 0 Å². The Morgan fingerprint density at radius 1 is 1.56 bits per heavy atom. The number of hydrogen-bond donors (Lipinski definition) is 1. The molecule has 1 aliphatic carbocycles. The number of rotatable bonds is 3. The third-order valence-corrected chi connectivity index (χ3v) is 3.84. The molecule has 0 unspecified atom stereocenters. The predicted molar refractivity (Wildman–Crippen MR) is 63.3 cm³/mol. The first-order valence-electron chi connectivity index (χ1n) is 5.21. The molecule has 1 fully saturated rings. The molecule has 0 saturated heterocycles. The summed E-state index contributed by atoms with van der Waals surface area (Å²) in [7, 11) is 1.56. The smallest absolute Gasteiger partial charge is 0.138 e. The molecular formula is C12H14BrFO2. The molecule has 1 aliphatic rings. The summed E-state index contributed by atoms with van der Waals surface area (Å²) in [6.07, 6.45) is 1.99. The maximum atomic E-state index is 13.6. The molecule has 0 radical (unpaired) electrons. The fourth-order valence-electron chi connectivity index (χ4n) is 1.89. The van der Waals surface area contributed by atoms with Crippen LogP contribution in [0.4, 0.5) is 4.39 Å². The van der Waals surface area contributed by atoms with E-state index >= 15 is 0 Å². The van der Waals surface area contributed by atoms with Crippen molar-refractivity contribution >= 4 is 15.9 Å². The standard InChI is InChI=1S/C12H14BrFO2/c1-7-5-9(14)10(13)8(11(7)16-2)6-12(15)3-4-12/h5,15H,3-4,6H2,1-2H3. The monoisotopic (exact) mass is 288 g/mol. The van der Waals surface area contributed by atoms with Crippen molar-refractivity contribution in [3.8, 4) is 5.75 Å². The molecule has 16 heavy (non-hydrogen) atoms. The minimum atomic E-state index is -0.657. The van der Waals surface area contributed by atoms with Gasteiger partial charge in [0.25, 0.3) is 0 Å². The summed E-state index contributed by atoms with van der Waals surface area (Å²) in [5.74, 6) is 0.353. The fourth-order valence-corrected chi connectivity index (χ4v) is 2.33. The summed E-state index contributed by atoms with van der Waals surface area (Å²) >= 11 is 3.22. The molecule has 2 rings (SSSR count). The van der Waals surface area contributed by atoms with Crippen LogP contribution in [0.3, 0.4) is 0 Å². The lowest BCUT2D eigenvalue weighted by Crippen LogP contribution is -2.13. The zero-order valence-corrected chi connectivity index (χ0v) is 10.9. The summed E-state index contributed by atoms with van der Waals surface area (Å²) in [5.41, 5.74) is 0.818. The van der Waals surface area contributed by atoms with Crippen LogP contribution >= 0.6 is 15.9 Å². The van der Waals surface area contributed by atoms with Gasteiger partial charge >= 0.3 is 0 Å². The molecule has 0 aliphatic heterocycles. The Labute approximate surface area is 103 Å². The second kappa shape index (κ2) is 4.00. The van der Waals surface area contributed by atoms with Gasteiger partial charge in [0.1, 0.15) is 11.6 Å². The summed E-state index contributed by atoms with van der Waals surface area (Å²) in [6.45, 7) is 1.80. The van der Waals surface area contributed by atoms with Gasteiger partial charge in [-0.2, -0.15) is 0 Å². The van der Waals surface area contributed by atoms with Gasteiger partial charge in [0.15, 0.2) is 0 Å². The first-order chi connectivity index (χ1) is 7.47. The van der Waals surface area contributed by atoms with Crippen LogP contribution in [0.5, 0.6) is 5.75 Å². The molecule has 0 aromatic heterocycles. The Morgan fingerprint density at radius 3 is 2.69 bits per heavy atom. The number of aliphatic hydroxyl groups is 1. The average Bonchev–Trinajstić information content (AvgIpc) is 2.93. The Morgan fingerprint density at radius 2 is 2.19 bits per heavy atom. The van der Waals surface area contributed by atoms with E-state index in [9.17, 15) is 9.50 Å². The topological polar surface area (TPSA) is 29.5 Å². The van der Waals surface area contributed by atoms with E-state index in [2.05, 4.69) is 15.9 Å². The summed E-state index contributed by atoms with van der Waals surface area (Å²) in [5, 5.41) is 9.91. The highest BCUT2D eigenvalue weighted by Gasteiger charge is 2.41. The molecule has 0 heterocycles. The van der Waals surface area contributed by atoms with Crippen LogP contribution < -0.4 is 4.74 Å². The van der Waals surface area contributed by atoms with E-state index in [1.807, 2.05) is 0 Å². The van der Waals surface area contributed by atoms with Crippen molar-refractivity contribution in [2.24, 2.45) is 0 Å². The van der Waals surface area contributed by atoms with E-state index in [0.717, 1.165) is 24.0 Å². The highest BCUT2D eigenvalue weighted by atomic mass is 79.9. The van der Waals surface area contributed by atoms with Crippen LogP contribution in [0, 0.1) is 12.7 Å². The van der Waals surface area contributed by atoms with Gasteiger partial charge in [-0.1, -0.05) is 0 Å². The lowest BCUT2D eigenvalue weighted by molar-refractivity contribution is 0.149. The van der Waals surface area contributed by atoms with Gasteiger partial charge in [-0.15, -0.1) is 0 Å². The van der Waals surface area contributed by atoms with Crippen molar-refractivity contribution in [2.75, 3.05) is 7.11 Å². The van der Waals surface area contributed by atoms with Crippen molar-refractivity contribution in [3.63, 3.8) is 0 Å². The minimum Gasteiger partial charge on any atom is -0.496 e. The van der Waals surface area contributed by atoms with Crippen LogP contribution in [0.1, 0.15) is 24.0 Å². The maximum absolute atomic E-state index is 13.6. The van der Waals surface area contributed by atoms with Gasteiger partial charge in [-0.3, -0.25) is 0 Å². The summed E-state index contributed by atoms with van der Waals surface area (Å²) in [6, 6.07) is 1.43. The van der Waals surface area contributed by atoms with Gasteiger partial charge in [0.2, 0.25) is 0 Å². The lowest BCUT2D eigenvalue weighted by atomic mass is 10.0. The first-order valence-corrected chi connectivity index (χ1v) is 6.00. The maximum Gasteiger partial charge on any atom is 0.138 e. The Hall–Kier alpha value is -0.610. The largest absolute Gasteiger partial charge is 0.496 e. The average molecular weight is 289 g/mol. The van der Waals surface area contributed by atoms with Crippen LogP contribution in [0.25, 0.3) is 0 Å². The zero-order valence-electron chi connectivity index (χ0n) is 9.31. The number of aryl methyl sites for hydroxylation is 1. The second-order valence-corrected chi connectivity index (χ2v) is 5.20. The fraction of sp³-hybridized carbons (Fsp3) is 0.500. The molecule has 2 nitrogen and oxygen atoms in total. The van der Waals surface area contributed by atoms with Gasteiger partial charge in [-0.25, -0.2) is 4.39 Å². The molecule has 88 valence electrons. The van der Waals surface area contributed by atoms with Crippen LogP contribution in [0.15, 0.2) is 10.5 Å². The van der Waals surface area contributed by atoms with E-state index in [4.69, 9.17) is 4.74 Å². The Kier molecular flexibility index (Phi) is 2.97.